The number of amides is 3. The van der Waals surface area contributed by atoms with Crippen molar-refractivity contribution in [3.8, 4) is 0 Å². The number of benzene rings is 1. The number of carbonyl (C=O) groups is 2. The molecular formula is C21H27N5O2. The summed E-state index contributed by atoms with van der Waals surface area (Å²) in [6.07, 6.45) is 1.63. The van der Waals surface area contributed by atoms with Crippen molar-refractivity contribution in [3.05, 3.63) is 53.9 Å². The second-order valence-electron chi connectivity index (χ2n) is 7.11. The molecule has 1 fully saturated rings. The second kappa shape index (κ2) is 8.84. The number of aromatic nitrogens is 1. The van der Waals surface area contributed by atoms with Gasteiger partial charge in [0, 0.05) is 50.5 Å². The van der Waals surface area contributed by atoms with Crippen molar-refractivity contribution < 1.29 is 9.59 Å². The fourth-order valence-electron chi connectivity index (χ4n) is 3.35. The Morgan fingerprint density at radius 1 is 1.04 bits per heavy atom. The molecule has 1 saturated heterocycles. The Hall–Kier alpha value is -2.93. The number of urea groups is 1. The SMILES string of the molecule is CC(=O)N1CCN(C(C)c2cccc(NC(=O)Nc3ccc(C)nc3)c2)CC1. The lowest BCUT2D eigenvalue weighted by atomic mass is 10.1. The zero-order valence-electron chi connectivity index (χ0n) is 16.6. The number of rotatable bonds is 4. The molecule has 2 heterocycles. The largest absolute Gasteiger partial charge is 0.340 e. The van der Waals surface area contributed by atoms with Crippen LogP contribution in [-0.2, 0) is 4.79 Å². The molecule has 0 spiro atoms. The Bertz CT molecular complexity index is 829. The number of nitrogens with one attached hydrogen (secondary N) is 2. The minimum absolute atomic E-state index is 0.133. The highest BCUT2D eigenvalue weighted by molar-refractivity contribution is 5.99. The van der Waals surface area contributed by atoms with Gasteiger partial charge in [-0.1, -0.05) is 12.1 Å². The summed E-state index contributed by atoms with van der Waals surface area (Å²) in [7, 11) is 0. The molecule has 0 radical (unpaired) electrons. The fraction of sp³-hybridized carbons (Fsp3) is 0.381. The molecule has 3 rings (SSSR count). The first-order chi connectivity index (χ1) is 13.4. The van der Waals surface area contributed by atoms with Gasteiger partial charge < -0.3 is 15.5 Å². The molecule has 1 aromatic heterocycles. The summed E-state index contributed by atoms with van der Waals surface area (Å²) in [6, 6.07) is 11.5. The molecule has 0 saturated carbocycles. The second-order valence-corrected chi connectivity index (χ2v) is 7.11. The normalized spacial score (nSPS) is 15.8. The van der Waals surface area contributed by atoms with E-state index in [1.165, 1.54) is 0 Å². The lowest BCUT2D eigenvalue weighted by Crippen LogP contribution is -2.48. The van der Waals surface area contributed by atoms with Crippen LogP contribution in [0.3, 0.4) is 0 Å². The zero-order valence-corrected chi connectivity index (χ0v) is 16.6. The van der Waals surface area contributed by atoms with E-state index in [1.807, 2.05) is 42.2 Å². The average molecular weight is 381 g/mol. The van der Waals surface area contributed by atoms with Gasteiger partial charge in [0.2, 0.25) is 5.91 Å². The Balaban J connectivity index is 1.59. The standard InChI is InChI=1S/C21H27N5O2/c1-15-7-8-20(14-22-15)24-21(28)23-19-6-4-5-18(13-19)16(2)25-9-11-26(12-10-25)17(3)27/h4-8,13-14,16H,9-12H2,1-3H3,(H2,23,24,28). The van der Waals surface area contributed by atoms with E-state index < -0.39 is 0 Å². The van der Waals surface area contributed by atoms with Gasteiger partial charge in [0.05, 0.1) is 11.9 Å². The van der Waals surface area contributed by atoms with Crippen LogP contribution >= 0.6 is 0 Å². The van der Waals surface area contributed by atoms with Crippen LogP contribution in [0.1, 0.15) is 31.1 Å². The van der Waals surface area contributed by atoms with Gasteiger partial charge in [0.1, 0.15) is 0 Å². The first kappa shape index (κ1) is 19.8. The number of piperazine rings is 1. The Morgan fingerprint density at radius 3 is 2.39 bits per heavy atom. The number of pyridine rings is 1. The van der Waals surface area contributed by atoms with E-state index in [-0.39, 0.29) is 18.0 Å². The van der Waals surface area contributed by atoms with Crippen molar-refractivity contribution in [2.45, 2.75) is 26.8 Å². The summed E-state index contributed by atoms with van der Waals surface area (Å²) in [5.74, 6) is 0.133. The van der Waals surface area contributed by atoms with Gasteiger partial charge in [-0.3, -0.25) is 14.7 Å². The molecule has 2 N–H and O–H groups in total. The maximum absolute atomic E-state index is 12.3. The molecule has 2 aromatic rings. The van der Waals surface area contributed by atoms with Gasteiger partial charge in [0.15, 0.2) is 0 Å². The van der Waals surface area contributed by atoms with Crippen LogP contribution in [0.2, 0.25) is 0 Å². The third-order valence-corrected chi connectivity index (χ3v) is 5.10. The molecule has 1 unspecified atom stereocenters. The van der Waals surface area contributed by atoms with Crippen LogP contribution in [0, 0.1) is 6.92 Å². The van der Waals surface area contributed by atoms with Gasteiger partial charge in [-0.15, -0.1) is 0 Å². The summed E-state index contributed by atoms with van der Waals surface area (Å²) < 4.78 is 0. The molecule has 148 valence electrons. The molecule has 3 amide bonds. The van der Waals surface area contributed by atoms with E-state index in [0.29, 0.717) is 5.69 Å². The molecule has 1 aromatic carbocycles. The van der Waals surface area contributed by atoms with Crippen molar-refractivity contribution in [2.75, 3.05) is 36.8 Å². The zero-order chi connectivity index (χ0) is 20.1. The maximum atomic E-state index is 12.3. The molecule has 1 aliphatic rings. The molecule has 1 aliphatic heterocycles. The summed E-state index contributed by atoms with van der Waals surface area (Å²) in [5.41, 5.74) is 3.42. The highest BCUT2D eigenvalue weighted by Crippen LogP contribution is 2.24. The van der Waals surface area contributed by atoms with Crippen LogP contribution in [0.25, 0.3) is 0 Å². The van der Waals surface area contributed by atoms with Crippen molar-refractivity contribution in [1.82, 2.24) is 14.8 Å². The van der Waals surface area contributed by atoms with Crippen LogP contribution in [0.5, 0.6) is 0 Å². The van der Waals surface area contributed by atoms with Crippen molar-refractivity contribution >= 4 is 23.3 Å². The smallest absolute Gasteiger partial charge is 0.323 e. The molecule has 7 nitrogen and oxygen atoms in total. The van der Waals surface area contributed by atoms with E-state index in [4.69, 9.17) is 0 Å². The number of carbonyl (C=O) groups excluding carboxylic acids is 2. The number of hydrogen-bond acceptors (Lipinski definition) is 4. The maximum Gasteiger partial charge on any atom is 0.323 e. The van der Waals surface area contributed by atoms with E-state index in [2.05, 4.69) is 33.5 Å². The number of aryl methyl sites for hydroxylation is 1. The Morgan fingerprint density at radius 2 is 1.75 bits per heavy atom. The average Bonchev–Trinajstić information content (AvgIpc) is 2.69. The number of hydrogen-bond donors (Lipinski definition) is 2. The van der Waals surface area contributed by atoms with E-state index in [0.717, 1.165) is 43.1 Å². The minimum Gasteiger partial charge on any atom is -0.340 e. The molecule has 7 heteroatoms. The van der Waals surface area contributed by atoms with Gasteiger partial charge in [-0.25, -0.2) is 4.79 Å². The van der Waals surface area contributed by atoms with Crippen LogP contribution in [0.4, 0.5) is 16.2 Å². The fourth-order valence-corrected chi connectivity index (χ4v) is 3.35. The van der Waals surface area contributed by atoms with Crippen LogP contribution < -0.4 is 10.6 Å². The monoisotopic (exact) mass is 381 g/mol. The molecule has 28 heavy (non-hydrogen) atoms. The van der Waals surface area contributed by atoms with Crippen molar-refractivity contribution in [2.24, 2.45) is 0 Å². The van der Waals surface area contributed by atoms with E-state index in [9.17, 15) is 9.59 Å². The number of nitrogens with zero attached hydrogens (tertiary/aromatic N) is 3. The Labute approximate surface area is 165 Å². The van der Waals surface area contributed by atoms with E-state index in [1.54, 1.807) is 13.1 Å². The summed E-state index contributed by atoms with van der Waals surface area (Å²) >= 11 is 0. The van der Waals surface area contributed by atoms with Gasteiger partial charge >= 0.3 is 6.03 Å². The molecule has 0 aliphatic carbocycles. The van der Waals surface area contributed by atoms with Crippen LogP contribution in [-0.4, -0.2) is 52.9 Å². The quantitative estimate of drug-likeness (QED) is 0.852. The molecule has 0 bridgehead atoms. The summed E-state index contributed by atoms with van der Waals surface area (Å²) in [6.45, 7) is 8.87. The Kier molecular flexibility index (Phi) is 6.26. The van der Waals surface area contributed by atoms with E-state index >= 15 is 0 Å². The van der Waals surface area contributed by atoms with Gasteiger partial charge in [0.25, 0.3) is 0 Å². The highest BCUT2D eigenvalue weighted by atomic mass is 16.2. The first-order valence-corrected chi connectivity index (χ1v) is 9.52. The third kappa shape index (κ3) is 5.07. The predicted octanol–water partition coefficient (Wildman–Crippen LogP) is 3.26. The highest BCUT2D eigenvalue weighted by Gasteiger charge is 2.23. The van der Waals surface area contributed by atoms with Crippen LogP contribution in [0.15, 0.2) is 42.6 Å². The number of anilines is 2. The van der Waals surface area contributed by atoms with Gasteiger partial charge in [-0.2, -0.15) is 0 Å². The van der Waals surface area contributed by atoms with Crippen molar-refractivity contribution in [3.63, 3.8) is 0 Å². The minimum atomic E-state index is -0.300. The first-order valence-electron chi connectivity index (χ1n) is 9.52. The lowest BCUT2D eigenvalue weighted by Gasteiger charge is -2.38. The lowest BCUT2D eigenvalue weighted by molar-refractivity contribution is -0.130. The predicted molar refractivity (Wildman–Crippen MR) is 110 cm³/mol. The molecule has 1 atom stereocenters. The molecular weight excluding hydrogens is 354 g/mol. The topological polar surface area (TPSA) is 77.6 Å². The summed E-state index contributed by atoms with van der Waals surface area (Å²) in [5, 5.41) is 5.66. The van der Waals surface area contributed by atoms with Crippen molar-refractivity contribution in [1.29, 1.82) is 0 Å². The third-order valence-electron chi connectivity index (χ3n) is 5.10. The summed E-state index contributed by atoms with van der Waals surface area (Å²) in [4.78, 5) is 32.2. The van der Waals surface area contributed by atoms with Gasteiger partial charge in [-0.05, 0) is 43.7 Å².